The van der Waals surface area contributed by atoms with Crippen molar-refractivity contribution in [3.8, 4) is 11.1 Å². The van der Waals surface area contributed by atoms with E-state index in [1.54, 1.807) is 0 Å². The largest absolute Gasteiger partial charge is 0.478 e. The van der Waals surface area contributed by atoms with Crippen molar-refractivity contribution in [3.63, 3.8) is 0 Å². The summed E-state index contributed by atoms with van der Waals surface area (Å²) in [4.78, 5) is 11.0. The topological polar surface area (TPSA) is 37.3 Å². The molecule has 0 atom stereocenters. The average molecular weight is 302 g/mol. The molecule has 0 aliphatic carbocycles. The molecule has 110 valence electrons. The van der Waals surface area contributed by atoms with Gasteiger partial charge in [0.1, 0.15) is 11.6 Å². The third-order valence-corrected chi connectivity index (χ3v) is 2.80. The second-order valence-electron chi connectivity index (χ2n) is 4.19. The number of hydrogen-bond acceptors (Lipinski definition) is 1. The van der Waals surface area contributed by atoms with Gasteiger partial charge >= 0.3 is 12.1 Å². The lowest BCUT2D eigenvalue weighted by molar-refractivity contribution is -0.139. The smallest absolute Gasteiger partial charge is 0.419 e. The van der Waals surface area contributed by atoms with Crippen LogP contribution in [0.15, 0.2) is 36.4 Å². The quantitative estimate of drug-likeness (QED) is 0.837. The first kappa shape index (κ1) is 15.0. The molecule has 7 heteroatoms. The van der Waals surface area contributed by atoms with Crippen molar-refractivity contribution in [3.05, 3.63) is 59.2 Å². The summed E-state index contributed by atoms with van der Waals surface area (Å²) in [7, 11) is 0. The van der Waals surface area contributed by atoms with Crippen LogP contribution in [0, 0.1) is 11.6 Å². The molecular formula is C14H7F5O2. The number of carboxylic acids is 1. The van der Waals surface area contributed by atoms with Gasteiger partial charge in [0.25, 0.3) is 0 Å². The zero-order valence-corrected chi connectivity index (χ0v) is 10.2. The van der Waals surface area contributed by atoms with Gasteiger partial charge in [-0.2, -0.15) is 13.2 Å². The van der Waals surface area contributed by atoms with E-state index in [-0.39, 0.29) is 11.1 Å². The Labute approximate surface area is 115 Å². The van der Waals surface area contributed by atoms with Crippen molar-refractivity contribution in [1.82, 2.24) is 0 Å². The fourth-order valence-corrected chi connectivity index (χ4v) is 1.86. The number of rotatable bonds is 2. The summed E-state index contributed by atoms with van der Waals surface area (Å²) >= 11 is 0. The van der Waals surface area contributed by atoms with Crippen molar-refractivity contribution < 1.29 is 31.9 Å². The first-order valence-corrected chi connectivity index (χ1v) is 5.60. The zero-order chi connectivity index (χ0) is 15.8. The van der Waals surface area contributed by atoms with E-state index in [0.29, 0.717) is 18.2 Å². The minimum absolute atomic E-state index is 0.0727. The summed E-state index contributed by atoms with van der Waals surface area (Å²) in [5, 5.41) is 8.96. The Hall–Kier alpha value is -2.44. The Morgan fingerprint density at radius 1 is 1.00 bits per heavy atom. The maximum atomic E-state index is 13.5. The summed E-state index contributed by atoms with van der Waals surface area (Å²) in [5.74, 6) is -3.81. The molecule has 0 bridgehead atoms. The van der Waals surface area contributed by atoms with E-state index in [4.69, 9.17) is 5.11 Å². The fraction of sp³-hybridized carbons (Fsp3) is 0.0714. The number of hydrogen-bond donors (Lipinski definition) is 1. The lowest BCUT2D eigenvalue weighted by Gasteiger charge is -2.11. The third-order valence-electron chi connectivity index (χ3n) is 2.80. The average Bonchev–Trinajstić information content (AvgIpc) is 2.36. The van der Waals surface area contributed by atoms with Crippen LogP contribution >= 0.6 is 0 Å². The molecule has 0 unspecified atom stereocenters. The van der Waals surface area contributed by atoms with Gasteiger partial charge < -0.3 is 5.11 Å². The maximum absolute atomic E-state index is 13.5. The Morgan fingerprint density at radius 3 is 2.19 bits per heavy atom. The number of carboxylic acid groups (broad SMARTS) is 1. The predicted molar refractivity (Wildman–Crippen MR) is 63.8 cm³/mol. The number of halogens is 5. The van der Waals surface area contributed by atoms with Gasteiger partial charge in [0.05, 0.1) is 11.1 Å². The highest BCUT2D eigenvalue weighted by molar-refractivity contribution is 5.96. The molecule has 21 heavy (non-hydrogen) atoms. The molecule has 0 aromatic heterocycles. The van der Waals surface area contributed by atoms with Gasteiger partial charge in [-0.05, 0) is 35.4 Å². The highest BCUT2D eigenvalue weighted by atomic mass is 19.4. The number of aromatic carboxylic acids is 1. The van der Waals surface area contributed by atoms with E-state index < -0.39 is 34.9 Å². The van der Waals surface area contributed by atoms with Gasteiger partial charge in [-0.25, -0.2) is 13.6 Å². The predicted octanol–water partition coefficient (Wildman–Crippen LogP) is 4.35. The standard InChI is InChI=1S/C14H7F5O2/c15-8-2-3-9(10(6-8)13(20)21)7-1-4-11(12(16)5-7)14(17,18)19/h1-6H,(H,20,21). The van der Waals surface area contributed by atoms with Crippen LogP contribution < -0.4 is 0 Å². The van der Waals surface area contributed by atoms with Gasteiger partial charge in [-0.3, -0.25) is 0 Å². The van der Waals surface area contributed by atoms with Crippen LogP contribution in [-0.2, 0) is 6.18 Å². The molecule has 0 amide bonds. The molecule has 2 aromatic rings. The molecule has 0 spiro atoms. The first-order chi connectivity index (χ1) is 9.70. The van der Waals surface area contributed by atoms with E-state index >= 15 is 0 Å². The molecule has 0 fully saturated rings. The molecule has 0 radical (unpaired) electrons. The summed E-state index contributed by atoms with van der Waals surface area (Å²) < 4.78 is 63.9. The van der Waals surface area contributed by atoms with Gasteiger partial charge in [0, 0.05) is 0 Å². The van der Waals surface area contributed by atoms with Crippen molar-refractivity contribution in [1.29, 1.82) is 0 Å². The molecule has 1 N–H and O–H groups in total. The normalized spacial score (nSPS) is 11.5. The fourth-order valence-electron chi connectivity index (χ4n) is 1.86. The van der Waals surface area contributed by atoms with Crippen molar-refractivity contribution >= 4 is 5.97 Å². The zero-order valence-electron chi connectivity index (χ0n) is 10.2. The molecule has 0 heterocycles. The second-order valence-corrected chi connectivity index (χ2v) is 4.19. The first-order valence-electron chi connectivity index (χ1n) is 5.60. The summed E-state index contributed by atoms with van der Waals surface area (Å²) in [6.45, 7) is 0. The third kappa shape index (κ3) is 3.01. The Balaban J connectivity index is 2.59. The van der Waals surface area contributed by atoms with Crippen molar-refractivity contribution in [2.75, 3.05) is 0 Å². The van der Waals surface area contributed by atoms with E-state index in [2.05, 4.69) is 0 Å². The van der Waals surface area contributed by atoms with Crippen molar-refractivity contribution in [2.24, 2.45) is 0 Å². The number of benzene rings is 2. The van der Waals surface area contributed by atoms with Gasteiger partial charge in [0.15, 0.2) is 0 Å². The van der Waals surface area contributed by atoms with Crippen LogP contribution in [-0.4, -0.2) is 11.1 Å². The second kappa shape index (κ2) is 5.16. The monoisotopic (exact) mass is 302 g/mol. The minimum Gasteiger partial charge on any atom is -0.478 e. The van der Waals surface area contributed by atoms with Crippen LogP contribution in [0.2, 0.25) is 0 Å². The van der Waals surface area contributed by atoms with Gasteiger partial charge in [-0.1, -0.05) is 12.1 Å². The molecule has 2 aromatic carbocycles. The van der Waals surface area contributed by atoms with Crippen LogP contribution in [0.25, 0.3) is 11.1 Å². The highest BCUT2D eigenvalue weighted by Gasteiger charge is 2.34. The molecular weight excluding hydrogens is 295 g/mol. The van der Waals surface area contributed by atoms with E-state index in [1.165, 1.54) is 0 Å². The van der Waals surface area contributed by atoms with Crippen molar-refractivity contribution in [2.45, 2.75) is 6.18 Å². The minimum atomic E-state index is -4.85. The van der Waals surface area contributed by atoms with E-state index in [0.717, 1.165) is 18.2 Å². The maximum Gasteiger partial charge on any atom is 0.419 e. The summed E-state index contributed by atoms with van der Waals surface area (Å²) in [6.07, 6.45) is -4.85. The summed E-state index contributed by atoms with van der Waals surface area (Å²) in [5.41, 5.74) is -2.08. The number of carbonyl (C=O) groups is 1. The lowest BCUT2D eigenvalue weighted by atomic mass is 9.98. The molecule has 0 aliphatic heterocycles. The molecule has 2 rings (SSSR count). The van der Waals surface area contributed by atoms with Crippen LogP contribution in [0.5, 0.6) is 0 Å². The molecule has 0 saturated carbocycles. The number of alkyl halides is 3. The molecule has 0 aliphatic rings. The Kier molecular flexibility index (Phi) is 3.67. The van der Waals surface area contributed by atoms with Crippen LogP contribution in [0.3, 0.4) is 0 Å². The SMILES string of the molecule is O=C(O)c1cc(F)ccc1-c1ccc(C(F)(F)F)c(F)c1. The van der Waals surface area contributed by atoms with Crippen LogP contribution in [0.4, 0.5) is 22.0 Å². The Bertz CT molecular complexity index is 707. The van der Waals surface area contributed by atoms with E-state index in [9.17, 15) is 26.7 Å². The molecule has 2 nitrogen and oxygen atoms in total. The van der Waals surface area contributed by atoms with Gasteiger partial charge in [-0.15, -0.1) is 0 Å². The van der Waals surface area contributed by atoms with Crippen LogP contribution in [0.1, 0.15) is 15.9 Å². The lowest BCUT2D eigenvalue weighted by Crippen LogP contribution is -2.08. The van der Waals surface area contributed by atoms with E-state index in [1.807, 2.05) is 0 Å². The highest BCUT2D eigenvalue weighted by Crippen LogP contribution is 2.34. The van der Waals surface area contributed by atoms with Gasteiger partial charge in [0.2, 0.25) is 0 Å². The molecule has 0 saturated heterocycles. The summed E-state index contributed by atoms with van der Waals surface area (Å²) in [6, 6.07) is 4.75. The Morgan fingerprint density at radius 2 is 1.67 bits per heavy atom.